The van der Waals surface area contributed by atoms with Crippen LogP contribution in [0.15, 0.2) is 53.4 Å². The number of carbonyl (C=O) groups excluding carboxylic acids is 3. The Kier molecular flexibility index (Phi) is 8.06. The minimum atomic E-state index is -4.36. The summed E-state index contributed by atoms with van der Waals surface area (Å²) in [5.41, 5.74) is 5.75. The molecule has 0 bridgehead atoms. The number of primary amides is 1. The number of hydrogen-bond acceptors (Lipinski definition) is 6. The predicted octanol–water partition coefficient (Wildman–Crippen LogP) is 1.80. The number of carbonyl (C=O) groups is 3. The van der Waals surface area contributed by atoms with E-state index in [1.807, 2.05) is 0 Å². The van der Waals surface area contributed by atoms with Crippen LogP contribution in [0.5, 0.6) is 0 Å². The van der Waals surface area contributed by atoms with Crippen molar-refractivity contribution in [2.45, 2.75) is 37.8 Å². The Morgan fingerprint density at radius 3 is 2.12 bits per heavy atom. The Morgan fingerprint density at radius 1 is 1.00 bits per heavy atom. The van der Waals surface area contributed by atoms with Crippen LogP contribution >= 0.6 is 0 Å². The average molecular weight is 466 g/mol. The van der Waals surface area contributed by atoms with Gasteiger partial charge in [-0.1, -0.05) is 26.0 Å². The number of rotatable bonds is 9. The molecule has 0 aliphatic carbocycles. The highest BCUT2D eigenvalue weighted by molar-refractivity contribution is 7.89. The van der Waals surface area contributed by atoms with E-state index in [0.29, 0.717) is 5.69 Å². The Hall–Kier alpha value is -3.31. The van der Waals surface area contributed by atoms with Crippen molar-refractivity contribution in [1.82, 2.24) is 4.72 Å². The van der Waals surface area contributed by atoms with Gasteiger partial charge in [0.15, 0.2) is 6.10 Å². The van der Waals surface area contributed by atoms with Gasteiger partial charge in [0.2, 0.25) is 15.9 Å². The molecule has 0 aliphatic heterocycles. The van der Waals surface area contributed by atoms with Crippen molar-refractivity contribution in [3.05, 3.63) is 59.9 Å². The van der Waals surface area contributed by atoms with Crippen molar-refractivity contribution < 1.29 is 31.9 Å². The fourth-order valence-corrected chi connectivity index (χ4v) is 4.02. The van der Waals surface area contributed by atoms with Gasteiger partial charge in [0, 0.05) is 11.3 Å². The Balaban J connectivity index is 2.07. The first-order valence-electron chi connectivity index (χ1n) is 9.60. The lowest BCUT2D eigenvalue weighted by Crippen LogP contribution is -2.47. The fourth-order valence-electron chi connectivity index (χ4n) is 2.61. The third-order valence-corrected chi connectivity index (χ3v) is 5.90. The molecular weight excluding hydrogens is 441 g/mol. The molecule has 172 valence electrons. The normalized spacial score (nSPS) is 13.3. The summed E-state index contributed by atoms with van der Waals surface area (Å²) in [5, 5.41) is 2.51. The number of hydrogen-bond donors (Lipinski definition) is 3. The van der Waals surface area contributed by atoms with Crippen LogP contribution in [0, 0.1) is 11.7 Å². The van der Waals surface area contributed by atoms with Crippen LogP contribution in [0.3, 0.4) is 0 Å². The first kappa shape index (κ1) is 25.0. The van der Waals surface area contributed by atoms with E-state index >= 15 is 0 Å². The molecule has 0 aliphatic rings. The minimum absolute atomic E-state index is 0.254. The molecule has 0 saturated heterocycles. The minimum Gasteiger partial charge on any atom is -0.451 e. The highest BCUT2D eigenvalue weighted by Gasteiger charge is 2.32. The molecule has 0 heterocycles. The molecule has 9 nitrogen and oxygen atoms in total. The molecule has 2 aromatic carbocycles. The molecule has 11 heteroatoms. The van der Waals surface area contributed by atoms with E-state index in [1.54, 1.807) is 13.8 Å². The molecule has 0 spiro atoms. The van der Waals surface area contributed by atoms with Gasteiger partial charge in [0.1, 0.15) is 16.8 Å². The van der Waals surface area contributed by atoms with Crippen LogP contribution in [-0.2, 0) is 24.3 Å². The molecule has 2 amide bonds. The summed E-state index contributed by atoms with van der Waals surface area (Å²) in [4.78, 5) is 35.4. The predicted molar refractivity (Wildman–Crippen MR) is 114 cm³/mol. The summed E-state index contributed by atoms with van der Waals surface area (Å²) in [6.07, 6.45) is -1.27. The van der Waals surface area contributed by atoms with Gasteiger partial charge in [0.05, 0.1) is 0 Å². The molecule has 2 atom stereocenters. The Labute approximate surface area is 185 Å². The van der Waals surface area contributed by atoms with E-state index in [2.05, 4.69) is 10.0 Å². The summed E-state index contributed by atoms with van der Waals surface area (Å²) in [6.45, 7) is 4.45. The smallest absolute Gasteiger partial charge is 0.325 e. The maximum absolute atomic E-state index is 13.9. The number of anilines is 1. The Morgan fingerprint density at radius 2 is 1.59 bits per heavy atom. The van der Waals surface area contributed by atoms with Gasteiger partial charge >= 0.3 is 5.97 Å². The van der Waals surface area contributed by atoms with Crippen LogP contribution in [0.25, 0.3) is 0 Å². The number of halogens is 1. The number of nitrogens with one attached hydrogen (secondary N) is 2. The van der Waals surface area contributed by atoms with Gasteiger partial charge in [-0.05, 0) is 49.2 Å². The molecule has 2 aromatic rings. The lowest BCUT2D eigenvalue weighted by Gasteiger charge is -2.23. The SMILES string of the molecule is CC(OC(=O)[C@@H](NS(=O)(=O)c1ccccc1F)C(C)C)C(=O)Nc1ccc(C(N)=O)cc1. The molecule has 1 unspecified atom stereocenters. The van der Waals surface area contributed by atoms with Crippen LogP contribution in [-0.4, -0.2) is 38.3 Å². The maximum atomic E-state index is 13.9. The summed E-state index contributed by atoms with van der Waals surface area (Å²) in [6, 6.07) is 9.12. The lowest BCUT2D eigenvalue weighted by atomic mass is 10.1. The van der Waals surface area contributed by atoms with Gasteiger partial charge in [-0.3, -0.25) is 14.4 Å². The highest BCUT2D eigenvalue weighted by atomic mass is 32.2. The van der Waals surface area contributed by atoms with E-state index in [-0.39, 0.29) is 5.56 Å². The van der Waals surface area contributed by atoms with Crippen LogP contribution in [0.4, 0.5) is 10.1 Å². The number of esters is 1. The van der Waals surface area contributed by atoms with Gasteiger partial charge < -0.3 is 15.8 Å². The van der Waals surface area contributed by atoms with E-state index in [1.165, 1.54) is 43.3 Å². The topological polar surface area (TPSA) is 145 Å². The van der Waals surface area contributed by atoms with Crippen molar-refractivity contribution in [2.75, 3.05) is 5.32 Å². The zero-order valence-corrected chi connectivity index (χ0v) is 18.5. The second-order valence-corrected chi connectivity index (χ2v) is 8.97. The molecular formula is C21H24FN3O6S. The molecule has 4 N–H and O–H groups in total. The highest BCUT2D eigenvalue weighted by Crippen LogP contribution is 2.17. The standard InChI is InChI=1S/C21H24FN3O6S/c1-12(2)18(25-32(29,30)17-7-5-4-6-16(17)22)21(28)31-13(3)20(27)24-15-10-8-14(9-11-15)19(23)26/h4-13,18,25H,1-3H3,(H2,23,26)(H,24,27)/t13?,18-/m0/s1. The molecule has 0 fully saturated rings. The van der Waals surface area contributed by atoms with Crippen molar-refractivity contribution in [1.29, 1.82) is 0 Å². The summed E-state index contributed by atoms with van der Waals surface area (Å²) < 4.78 is 46.3. The van der Waals surface area contributed by atoms with Gasteiger partial charge in [-0.25, -0.2) is 12.8 Å². The number of sulfonamides is 1. The van der Waals surface area contributed by atoms with E-state index in [9.17, 15) is 27.2 Å². The number of ether oxygens (including phenoxy) is 1. The third kappa shape index (κ3) is 6.34. The Bertz CT molecular complexity index is 1100. The summed E-state index contributed by atoms with van der Waals surface area (Å²) in [5.74, 6) is -3.81. The monoisotopic (exact) mass is 465 g/mol. The summed E-state index contributed by atoms with van der Waals surface area (Å²) in [7, 11) is -4.36. The molecule has 32 heavy (non-hydrogen) atoms. The number of benzene rings is 2. The van der Waals surface area contributed by atoms with E-state index in [4.69, 9.17) is 10.5 Å². The van der Waals surface area contributed by atoms with Crippen molar-refractivity contribution in [3.8, 4) is 0 Å². The van der Waals surface area contributed by atoms with Gasteiger partial charge in [0.25, 0.3) is 5.91 Å². The zero-order valence-electron chi connectivity index (χ0n) is 17.7. The van der Waals surface area contributed by atoms with Crippen LogP contribution in [0.2, 0.25) is 0 Å². The fraction of sp³-hybridized carbons (Fsp3) is 0.286. The van der Waals surface area contributed by atoms with E-state index < -0.39 is 56.6 Å². The van der Waals surface area contributed by atoms with E-state index in [0.717, 1.165) is 12.1 Å². The average Bonchev–Trinajstić information content (AvgIpc) is 2.72. The van der Waals surface area contributed by atoms with Gasteiger partial charge in [-0.2, -0.15) is 4.72 Å². The summed E-state index contributed by atoms with van der Waals surface area (Å²) >= 11 is 0. The number of nitrogens with two attached hydrogens (primary N) is 1. The zero-order chi connectivity index (χ0) is 24.1. The van der Waals surface area contributed by atoms with Crippen molar-refractivity contribution >= 4 is 33.5 Å². The first-order chi connectivity index (χ1) is 14.9. The molecule has 2 rings (SSSR count). The quantitative estimate of drug-likeness (QED) is 0.482. The lowest BCUT2D eigenvalue weighted by molar-refractivity contribution is -0.155. The largest absolute Gasteiger partial charge is 0.451 e. The second-order valence-electron chi connectivity index (χ2n) is 7.28. The maximum Gasteiger partial charge on any atom is 0.325 e. The molecule has 0 aromatic heterocycles. The van der Waals surface area contributed by atoms with Crippen molar-refractivity contribution in [2.24, 2.45) is 11.7 Å². The first-order valence-corrected chi connectivity index (χ1v) is 11.1. The molecule has 0 radical (unpaired) electrons. The number of amides is 2. The van der Waals surface area contributed by atoms with Crippen molar-refractivity contribution in [3.63, 3.8) is 0 Å². The van der Waals surface area contributed by atoms with Gasteiger partial charge in [-0.15, -0.1) is 0 Å². The van der Waals surface area contributed by atoms with Crippen LogP contribution in [0.1, 0.15) is 31.1 Å². The molecule has 0 saturated carbocycles. The van der Waals surface area contributed by atoms with Crippen LogP contribution < -0.4 is 15.8 Å². The second kappa shape index (κ2) is 10.3. The third-order valence-electron chi connectivity index (χ3n) is 4.43.